The van der Waals surface area contributed by atoms with Crippen molar-refractivity contribution in [3.8, 4) is 22.5 Å². The van der Waals surface area contributed by atoms with Crippen LogP contribution in [0, 0.1) is 6.92 Å². The number of fused-ring (bicyclic) bond motifs is 1. The SMILES string of the molecule is Cc1nc2cccnc2n1Cc1ccc(-c2ccccc2-c2nnnn2C(c2ccccc2)(c2ccccc2)c2ccccc2)cc1. The largest absolute Gasteiger partial charge is 0.308 e. The van der Waals surface area contributed by atoms with Crippen LogP contribution in [0.25, 0.3) is 33.7 Å². The number of imidazole rings is 1. The summed E-state index contributed by atoms with van der Waals surface area (Å²) in [6.45, 7) is 2.71. The van der Waals surface area contributed by atoms with E-state index in [0.717, 1.165) is 50.4 Å². The van der Waals surface area contributed by atoms with Crippen LogP contribution in [0.1, 0.15) is 28.1 Å². The van der Waals surface area contributed by atoms with E-state index in [0.29, 0.717) is 12.4 Å². The van der Waals surface area contributed by atoms with Crippen LogP contribution in [0.15, 0.2) is 158 Å². The standard InChI is InChI=1S/C40H31N7/c1-29-42-37-22-13-27-41-39(37)46(29)28-30-23-25-31(26-24-30)35-20-11-12-21-36(35)38-43-44-45-47(38)40(32-14-5-2-6-15-32,33-16-7-3-8-17-33)34-18-9-4-10-19-34/h2-27H,28H2,1H3. The molecule has 5 aromatic carbocycles. The zero-order valence-corrected chi connectivity index (χ0v) is 25.8. The summed E-state index contributed by atoms with van der Waals surface area (Å²) in [7, 11) is 0. The first-order valence-corrected chi connectivity index (χ1v) is 15.7. The lowest BCUT2D eigenvalue weighted by molar-refractivity contribution is 0.451. The van der Waals surface area contributed by atoms with Crippen molar-refractivity contribution in [3.63, 3.8) is 0 Å². The fourth-order valence-electron chi connectivity index (χ4n) is 6.65. The Morgan fingerprint density at radius 2 is 1.17 bits per heavy atom. The van der Waals surface area contributed by atoms with Gasteiger partial charge in [-0.25, -0.2) is 14.6 Å². The van der Waals surface area contributed by atoms with Gasteiger partial charge < -0.3 is 4.57 Å². The van der Waals surface area contributed by atoms with E-state index in [1.807, 2.05) is 54.2 Å². The second-order valence-corrected chi connectivity index (χ2v) is 11.6. The predicted octanol–water partition coefficient (Wildman–Crippen LogP) is 7.95. The molecule has 0 saturated heterocycles. The molecule has 0 aliphatic rings. The van der Waals surface area contributed by atoms with Gasteiger partial charge in [0.2, 0.25) is 0 Å². The molecule has 0 bridgehead atoms. The summed E-state index contributed by atoms with van der Waals surface area (Å²) >= 11 is 0. The topological polar surface area (TPSA) is 74.3 Å². The molecule has 0 fully saturated rings. The lowest BCUT2D eigenvalue weighted by Crippen LogP contribution is -2.39. The third-order valence-corrected chi connectivity index (χ3v) is 8.83. The van der Waals surface area contributed by atoms with Gasteiger partial charge in [0.1, 0.15) is 16.9 Å². The molecule has 7 nitrogen and oxygen atoms in total. The molecule has 0 saturated carbocycles. The van der Waals surface area contributed by atoms with E-state index in [1.54, 1.807) is 0 Å². The van der Waals surface area contributed by atoms with Crippen LogP contribution < -0.4 is 0 Å². The molecule has 0 spiro atoms. The summed E-state index contributed by atoms with van der Waals surface area (Å²) in [5.74, 6) is 1.62. The molecule has 7 heteroatoms. The summed E-state index contributed by atoms with van der Waals surface area (Å²) in [4.78, 5) is 9.26. The summed E-state index contributed by atoms with van der Waals surface area (Å²) in [5.41, 5.74) is 8.38. The second kappa shape index (κ2) is 11.9. The molecule has 0 unspecified atom stereocenters. The predicted molar refractivity (Wildman–Crippen MR) is 185 cm³/mol. The van der Waals surface area contributed by atoms with Crippen molar-refractivity contribution in [3.05, 3.63) is 186 Å². The van der Waals surface area contributed by atoms with Crippen molar-refractivity contribution in [2.45, 2.75) is 19.0 Å². The molecule has 226 valence electrons. The van der Waals surface area contributed by atoms with Gasteiger partial charge in [-0.15, -0.1) is 5.10 Å². The fraction of sp³-hybridized carbons (Fsp3) is 0.0750. The number of pyridine rings is 1. The Bertz CT molecular complexity index is 2180. The lowest BCUT2D eigenvalue weighted by atomic mass is 9.77. The van der Waals surface area contributed by atoms with Gasteiger partial charge in [-0.1, -0.05) is 140 Å². The van der Waals surface area contributed by atoms with Crippen molar-refractivity contribution >= 4 is 11.2 Å². The van der Waals surface area contributed by atoms with Gasteiger partial charge in [0.25, 0.3) is 0 Å². The van der Waals surface area contributed by atoms with Crippen molar-refractivity contribution in [2.75, 3.05) is 0 Å². The van der Waals surface area contributed by atoms with E-state index in [4.69, 9.17) is 10.3 Å². The van der Waals surface area contributed by atoms with Crippen LogP contribution in [0.3, 0.4) is 0 Å². The Kier molecular flexibility index (Phi) is 7.19. The second-order valence-electron chi connectivity index (χ2n) is 11.6. The summed E-state index contributed by atoms with van der Waals surface area (Å²) in [6, 6.07) is 52.4. The maximum atomic E-state index is 4.76. The first-order chi connectivity index (χ1) is 23.2. The number of aryl methyl sites for hydroxylation is 1. The van der Waals surface area contributed by atoms with Gasteiger partial charge in [0.05, 0.1) is 6.54 Å². The van der Waals surface area contributed by atoms with Gasteiger partial charge >= 0.3 is 0 Å². The van der Waals surface area contributed by atoms with Gasteiger partial charge in [-0.05, 0) is 62.9 Å². The number of hydrogen-bond acceptors (Lipinski definition) is 5. The van der Waals surface area contributed by atoms with Crippen molar-refractivity contribution in [1.82, 2.24) is 34.7 Å². The normalized spacial score (nSPS) is 11.6. The average Bonchev–Trinajstić information content (AvgIpc) is 3.75. The minimum atomic E-state index is -0.834. The molecule has 0 amide bonds. The van der Waals surface area contributed by atoms with Crippen LogP contribution in [0.5, 0.6) is 0 Å². The number of rotatable bonds is 8. The van der Waals surface area contributed by atoms with E-state index in [-0.39, 0.29) is 0 Å². The van der Waals surface area contributed by atoms with E-state index in [2.05, 4.69) is 135 Å². The Hall–Kier alpha value is -6.21. The number of hydrogen-bond donors (Lipinski definition) is 0. The minimum Gasteiger partial charge on any atom is -0.308 e. The molecule has 0 aliphatic carbocycles. The molecule has 0 atom stereocenters. The monoisotopic (exact) mass is 609 g/mol. The molecular formula is C40H31N7. The van der Waals surface area contributed by atoms with E-state index < -0.39 is 5.54 Å². The maximum Gasteiger partial charge on any atom is 0.184 e. The molecule has 8 rings (SSSR count). The van der Waals surface area contributed by atoms with Crippen LogP contribution in [0.4, 0.5) is 0 Å². The zero-order valence-electron chi connectivity index (χ0n) is 25.8. The number of nitrogens with zero attached hydrogens (tertiary/aromatic N) is 7. The van der Waals surface area contributed by atoms with Crippen molar-refractivity contribution < 1.29 is 0 Å². The average molecular weight is 610 g/mol. The van der Waals surface area contributed by atoms with Gasteiger partial charge in [-0.3, -0.25) is 0 Å². The Morgan fingerprint density at radius 1 is 0.596 bits per heavy atom. The highest BCUT2D eigenvalue weighted by atomic mass is 15.6. The van der Waals surface area contributed by atoms with Crippen LogP contribution in [-0.4, -0.2) is 34.7 Å². The van der Waals surface area contributed by atoms with Gasteiger partial charge in [-0.2, -0.15) is 0 Å². The zero-order chi connectivity index (χ0) is 31.6. The number of tetrazole rings is 1. The smallest absolute Gasteiger partial charge is 0.184 e. The fourth-order valence-corrected chi connectivity index (χ4v) is 6.65. The highest BCUT2D eigenvalue weighted by Gasteiger charge is 2.42. The summed E-state index contributed by atoms with van der Waals surface area (Å²) in [5, 5.41) is 13.8. The summed E-state index contributed by atoms with van der Waals surface area (Å²) < 4.78 is 4.14. The van der Waals surface area contributed by atoms with E-state index >= 15 is 0 Å². The molecular weight excluding hydrogens is 578 g/mol. The molecule has 3 aromatic heterocycles. The van der Waals surface area contributed by atoms with Gasteiger partial charge in [0, 0.05) is 11.8 Å². The first-order valence-electron chi connectivity index (χ1n) is 15.7. The highest BCUT2D eigenvalue weighted by molar-refractivity contribution is 5.81. The Morgan fingerprint density at radius 3 is 1.79 bits per heavy atom. The van der Waals surface area contributed by atoms with Crippen molar-refractivity contribution in [2.24, 2.45) is 0 Å². The molecule has 0 N–H and O–H groups in total. The number of aromatic nitrogens is 7. The quantitative estimate of drug-likeness (QED) is 0.164. The van der Waals surface area contributed by atoms with E-state index in [9.17, 15) is 0 Å². The molecule has 0 radical (unpaired) electrons. The van der Waals surface area contributed by atoms with Crippen LogP contribution >= 0.6 is 0 Å². The third kappa shape index (κ3) is 4.89. The minimum absolute atomic E-state index is 0.674. The van der Waals surface area contributed by atoms with Crippen LogP contribution in [0.2, 0.25) is 0 Å². The number of benzene rings is 5. The van der Waals surface area contributed by atoms with Crippen LogP contribution in [-0.2, 0) is 12.1 Å². The maximum absolute atomic E-state index is 4.76. The van der Waals surface area contributed by atoms with Crippen molar-refractivity contribution in [1.29, 1.82) is 0 Å². The molecule has 0 aliphatic heterocycles. The molecule has 3 heterocycles. The molecule has 47 heavy (non-hydrogen) atoms. The summed E-state index contributed by atoms with van der Waals surface area (Å²) in [6.07, 6.45) is 1.82. The Balaban J connectivity index is 1.26. The Labute approximate surface area is 272 Å². The third-order valence-electron chi connectivity index (χ3n) is 8.83. The molecule has 8 aromatic rings. The lowest BCUT2D eigenvalue weighted by Gasteiger charge is -2.36. The van der Waals surface area contributed by atoms with E-state index in [1.165, 1.54) is 5.56 Å². The van der Waals surface area contributed by atoms with Gasteiger partial charge in [0.15, 0.2) is 11.5 Å². The highest BCUT2D eigenvalue weighted by Crippen LogP contribution is 2.43. The first kappa shape index (κ1) is 28.3.